The van der Waals surface area contributed by atoms with Crippen LogP contribution >= 0.6 is 12.2 Å². The van der Waals surface area contributed by atoms with Crippen molar-refractivity contribution in [3.8, 4) is 5.75 Å². The summed E-state index contributed by atoms with van der Waals surface area (Å²) in [6.45, 7) is 3.09. The Hall–Kier alpha value is -2.73. The minimum Gasteiger partial charge on any atom is -0.495 e. The predicted octanol–water partition coefficient (Wildman–Crippen LogP) is 4.59. The van der Waals surface area contributed by atoms with Crippen molar-refractivity contribution in [1.29, 1.82) is 0 Å². The average molecular weight is 356 g/mol. The maximum atomic E-state index is 5.62. The first-order chi connectivity index (χ1) is 12.2. The Bertz CT molecular complexity index is 777. The number of anilines is 1. The number of furan rings is 2. The zero-order valence-electron chi connectivity index (χ0n) is 14.2. The topological polar surface area (TPSA) is 50.8 Å². The van der Waals surface area contributed by atoms with Crippen molar-refractivity contribution in [2.75, 3.05) is 12.4 Å². The van der Waals surface area contributed by atoms with Crippen molar-refractivity contribution >= 4 is 23.0 Å². The average Bonchev–Trinajstić information content (AvgIpc) is 3.29. The molecule has 6 heteroatoms. The Kier molecular flexibility index (Phi) is 5.40. The van der Waals surface area contributed by atoms with Crippen LogP contribution in [0.3, 0.4) is 0 Å². The second kappa shape index (κ2) is 7.90. The van der Waals surface area contributed by atoms with Gasteiger partial charge in [-0.3, -0.25) is 0 Å². The standard InChI is InChI=1S/C19H20N2O3S/c1-14-7-8-17(18(11-14)22-2)20-19(25)21(12-15-5-3-9-23-15)13-16-6-4-10-24-16/h3-11H,12-13H2,1-2H3,(H,20,25). The second-order valence-electron chi connectivity index (χ2n) is 5.65. The third kappa shape index (κ3) is 4.42. The molecule has 0 atom stereocenters. The summed E-state index contributed by atoms with van der Waals surface area (Å²) in [5.41, 5.74) is 1.94. The van der Waals surface area contributed by atoms with Crippen LogP contribution in [0.15, 0.2) is 63.8 Å². The molecule has 2 heterocycles. The molecule has 0 saturated carbocycles. The normalized spacial score (nSPS) is 10.5. The molecule has 0 fully saturated rings. The van der Waals surface area contributed by atoms with Crippen molar-refractivity contribution in [3.63, 3.8) is 0 Å². The lowest BCUT2D eigenvalue weighted by Crippen LogP contribution is -2.33. The summed E-state index contributed by atoms with van der Waals surface area (Å²) >= 11 is 5.62. The van der Waals surface area contributed by atoms with E-state index in [-0.39, 0.29) is 0 Å². The molecule has 0 unspecified atom stereocenters. The molecule has 0 spiro atoms. The number of thiocarbonyl (C=S) groups is 1. The lowest BCUT2D eigenvalue weighted by molar-refractivity contribution is 0.329. The van der Waals surface area contributed by atoms with Gasteiger partial charge in [0.2, 0.25) is 0 Å². The smallest absolute Gasteiger partial charge is 0.174 e. The molecule has 25 heavy (non-hydrogen) atoms. The van der Waals surface area contributed by atoms with Gasteiger partial charge in [-0.2, -0.15) is 0 Å². The van der Waals surface area contributed by atoms with Gasteiger partial charge < -0.3 is 23.8 Å². The molecule has 0 aliphatic carbocycles. The van der Waals surface area contributed by atoms with Crippen LogP contribution in [0.25, 0.3) is 0 Å². The van der Waals surface area contributed by atoms with Crippen LogP contribution in [0.1, 0.15) is 17.1 Å². The summed E-state index contributed by atoms with van der Waals surface area (Å²) < 4.78 is 16.4. The summed E-state index contributed by atoms with van der Waals surface area (Å²) in [7, 11) is 1.65. The number of hydrogen-bond donors (Lipinski definition) is 1. The van der Waals surface area contributed by atoms with Gasteiger partial charge in [-0.05, 0) is 61.1 Å². The predicted molar refractivity (Wildman–Crippen MR) is 101 cm³/mol. The highest BCUT2D eigenvalue weighted by atomic mass is 32.1. The van der Waals surface area contributed by atoms with Gasteiger partial charge in [-0.25, -0.2) is 0 Å². The van der Waals surface area contributed by atoms with Crippen LogP contribution < -0.4 is 10.1 Å². The maximum absolute atomic E-state index is 5.62. The van der Waals surface area contributed by atoms with Crippen molar-refractivity contribution in [2.24, 2.45) is 0 Å². The van der Waals surface area contributed by atoms with Gasteiger partial charge in [0.15, 0.2) is 5.11 Å². The van der Waals surface area contributed by atoms with E-state index >= 15 is 0 Å². The zero-order chi connectivity index (χ0) is 17.6. The van der Waals surface area contributed by atoms with Crippen LogP contribution in [0.2, 0.25) is 0 Å². The van der Waals surface area contributed by atoms with E-state index in [0.717, 1.165) is 28.5 Å². The molecule has 2 aromatic heterocycles. The first kappa shape index (κ1) is 17.1. The van der Waals surface area contributed by atoms with Crippen molar-refractivity contribution in [1.82, 2.24) is 4.90 Å². The van der Waals surface area contributed by atoms with E-state index < -0.39 is 0 Å². The van der Waals surface area contributed by atoms with Gasteiger partial charge in [0.1, 0.15) is 17.3 Å². The Morgan fingerprint density at radius 2 is 1.72 bits per heavy atom. The first-order valence-corrected chi connectivity index (χ1v) is 8.32. The highest BCUT2D eigenvalue weighted by Crippen LogP contribution is 2.26. The van der Waals surface area contributed by atoms with Gasteiger partial charge in [0.05, 0.1) is 38.4 Å². The molecule has 5 nitrogen and oxygen atoms in total. The van der Waals surface area contributed by atoms with Crippen molar-refractivity contribution < 1.29 is 13.6 Å². The van der Waals surface area contributed by atoms with E-state index in [1.165, 1.54) is 0 Å². The van der Waals surface area contributed by atoms with Gasteiger partial charge in [-0.1, -0.05) is 6.07 Å². The number of nitrogens with one attached hydrogen (secondary N) is 1. The highest BCUT2D eigenvalue weighted by molar-refractivity contribution is 7.80. The summed E-state index contributed by atoms with van der Waals surface area (Å²) in [6.07, 6.45) is 3.31. The highest BCUT2D eigenvalue weighted by Gasteiger charge is 2.16. The van der Waals surface area contributed by atoms with Crippen LogP contribution in [-0.4, -0.2) is 17.1 Å². The van der Waals surface area contributed by atoms with E-state index in [2.05, 4.69) is 5.32 Å². The number of benzene rings is 1. The number of aryl methyl sites for hydroxylation is 1. The molecule has 3 aromatic rings. The van der Waals surface area contributed by atoms with Gasteiger partial charge in [-0.15, -0.1) is 0 Å². The maximum Gasteiger partial charge on any atom is 0.174 e. The monoisotopic (exact) mass is 356 g/mol. The fourth-order valence-electron chi connectivity index (χ4n) is 2.48. The molecule has 0 saturated heterocycles. The van der Waals surface area contributed by atoms with Crippen LogP contribution in [-0.2, 0) is 13.1 Å². The van der Waals surface area contributed by atoms with E-state index in [4.69, 9.17) is 25.8 Å². The molecule has 0 radical (unpaired) electrons. The van der Waals surface area contributed by atoms with Gasteiger partial charge in [0.25, 0.3) is 0 Å². The molecule has 0 amide bonds. The Morgan fingerprint density at radius 1 is 1.08 bits per heavy atom. The first-order valence-electron chi connectivity index (χ1n) is 7.91. The number of rotatable bonds is 6. The number of nitrogens with zero attached hydrogens (tertiary/aromatic N) is 1. The summed E-state index contributed by atoms with van der Waals surface area (Å²) in [4.78, 5) is 1.98. The Labute approximate surface area is 152 Å². The molecular weight excluding hydrogens is 336 g/mol. The minimum atomic E-state index is 0.535. The second-order valence-corrected chi connectivity index (χ2v) is 6.04. The van der Waals surface area contributed by atoms with Crippen molar-refractivity contribution in [3.05, 3.63) is 72.1 Å². The summed E-state index contributed by atoms with van der Waals surface area (Å²) in [5.74, 6) is 2.40. The molecule has 130 valence electrons. The SMILES string of the molecule is COc1cc(C)ccc1NC(=S)N(Cc1ccco1)Cc1ccco1. The summed E-state index contributed by atoms with van der Waals surface area (Å²) in [5, 5.41) is 3.83. The molecule has 1 aromatic carbocycles. The van der Waals surface area contributed by atoms with Gasteiger partial charge in [0, 0.05) is 0 Å². The Morgan fingerprint density at radius 3 is 2.24 bits per heavy atom. The molecule has 0 bridgehead atoms. The molecule has 0 aliphatic heterocycles. The van der Waals surface area contributed by atoms with Crippen LogP contribution in [0, 0.1) is 6.92 Å². The third-order valence-corrected chi connectivity index (χ3v) is 4.10. The number of methoxy groups -OCH3 is 1. The Balaban J connectivity index is 1.78. The van der Waals surface area contributed by atoms with E-state index in [0.29, 0.717) is 18.2 Å². The minimum absolute atomic E-state index is 0.535. The molecular formula is C19H20N2O3S. The summed E-state index contributed by atoms with van der Waals surface area (Å²) in [6, 6.07) is 13.5. The van der Waals surface area contributed by atoms with E-state index in [1.807, 2.05) is 54.3 Å². The third-order valence-electron chi connectivity index (χ3n) is 3.74. The van der Waals surface area contributed by atoms with E-state index in [9.17, 15) is 0 Å². The molecule has 0 aliphatic rings. The van der Waals surface area contributed by atoms with Crippen LogP contribution in [0.4, 0.5) is 5.69 Å². The van der Waals surface area contributed by atoms with Crippen LogP contribution in [0.5, 0.6) is 5.75 Å². The number of hydrogen-bond acceptors (Lipinski definition) is 4. The fraction of sp³-hybridized carbons (Fsp3) is 0.211. The molecule has 1 N–H and O–H groups in total. The number of ether oxygens (including phenoxy) is 1. The van der Waals surface area contributed by atoms with E-state index in [1.54, 1.807) is 19.6 Å². The quantitative estimate of drug-likeness (QED) is 0.652. The lowest BCUT2D eigenvalue weighted by Gasteiger charge is -2.24. The fourth-order valence-corrected chi connectivity index (χ4v) is 2.72. The molecule has 3 rings (SSSR count). The van der Waals surface area contributed by atoms with Gasteiger partial charge >= 0.3 is 0 Å². The largest absolute Gasteiger partial charge is 0.495 e. The van der Waals surface area contributed by atoms with Crippen molar-refractivity contribution in [2.45, 2.75) is 20.0 Å². The lowest BCUT2D eigenvalue weighted by atomic mass is 10.2. The zero-order valence-corrected chi connectivity index (χ0v) is 15.0.